The zero-order chi connectivity index (χ0) is 11.4. The summed E-state index contributed by atoms with van der Waals surface area (Å²) in [6, 6.07) is 0. The predicted molar refractivity (Wildman–Crippen MR) is 61.3 cm³/mol. The van der Waals surface area contributed by atoms with Gasteiger partial charge in [-0.15, -0.1) is 0 Å². The maximum Gasteiger partial charge on any atom is 0.310 e. The fraction of sp³-hybridized carbons (Fsp3) is 0.923. The predicted octanol–water partition coefficient (Wildman–Crippen LogP) is 2.84. The smallest absolute Gasteiger partial charge is 0.310 e. The Hall–Kier alpha value is -0.570. The lowest BCUT2D eigenvalue weighted by Crippen LogP contribution is -2.39. The molecule has 2 aliphatic rings. The highest BCUT2D eigenvalue weighted by molar-refractivity contribution is 5.75. The molecule has 0 bridgehead atoms. The van der Waals surface area contributed by atoms with Crippen LogP contribution in [0.5, 0.6) is 0 Å². The Labute approximate surface area is 97.2 Å². The monoisotopic (exact) mass is 226 g/mol. The number of ether oxygens (including phenoxy) is 1. The SMILES string of the molecule is O=C(O)C1(C2CCOC2)CCCCCCC1. The van der Waals surface area contributed by atoms with Crippen LogP contribution in [0.4, 0.5) is 0 Å². The van der Waals surface area contributed by atoms with Crippen LogP contribution in [0.2, 0.25) is 0 Å². The molecule has 1 N–H and O–H groups in total. The molecule has 0 spiro atoms. The van der Waals surface area contributed by atoms with E-state index < -0.39 is 11.4 Å². The minimum absolute atomic E-state index is 0.253. The molecule has 0 radical (unpaired) electrons. The van der Waals surface area contributed by atoms with Crippen molar-refractivity contribution in [2.45, 2.75) is 51.4 Å². The van der Waals surface area contributed by atoms with E-state index in [2.05, 4.69) is 0 Å². The molecule has 2 rings (SSSR count). The standard InChI is InChI=1S/C13H22O3/c14-12(15)13(11-6-9-16-10-11)7-4-2-1-3-5-8-13/h11H,1-10H2,(H,14,15). The molecule has 1 atom stereocenters. The number of rotatable bonds is 2. The summed E-state index contributed by atoms with van der Waals surface area (Å²) < 4.78 is 5.39. The number of carbonyl (C=O) groups is 1. The summed E-state index contributed by atoms with van der Waals surface area (Å²) >= 11 is 0. The number of carboxylic acids is 1. The summed E-state index contributed by atoms with van der Waals surface area (Å²) in [7, 11) is 0. The van der Waals surface area contributed by atoms with Gasteiger partial charge in [0.2, 0.25) is 0 Å². The van der Waals surface area contributed by atoms with Gasteiger partial charge < -0.3 is 9.84 Å². The molecule has 1 saturated heterocycles. The molecule has 1 aliphatic carbocycles. The lowest BCUT2D eigenvalue weighted by atomic mass is 9.67. The zero-order valence-corrected chi connectivity index (χ0v) is 9.91. The Morgan fingerprint density at radius 1 is 1.12 bits per heavy atom. The van der Waals surface area contributed by atoms with Crippen LogP contribution >= 0.6 is 0 Å². The molecule has 0 aromatic rings. The van der Waals surface area contributed by atoms with E-state index in [0.717, 1.165) is 38.7 Å². The lowest BCUT2D eigenvalue weighted by Gasteiger charge is -2.35. The molecule has 3 nitrogen and oxygen atoms in total. The van der Waals surface area contributed by atoms with Crippen molar-refractivity contribution in [1.82, 2.24) is 0 Å². The first-order valence-electron chi connectivity index (χ1n) is 6.57. The molecule has 16 heavy (non-hydrogen) atoms. The summed E-state index contributed by atoms with van der Waals surface area (Å²) in [6.07, 6.45) is 8.46. The highest BCUT2D eigenvalue weighted by Gasteiger charge is 2.46. The van der Waals surface area contributed by atoms with Crippen molar-refractivity contribution in [2.24, 2.45) is 11.3 Å². The summed E-state index contributed by atoms with van der Waals surface area (Å²) in [4.78, 5) is 11.7. The first kappa shape index (κ1) is 11.9. The van der Waals surface area contributed by atoms with Gasteiger partial charge in [0.05, 0.1) is 12.0 Å². The van der Waals surface area contributed by atoms with Crippen LogP contribution in [-0.2, 0) is 9.53 Å². The second-order valence-electron chi connectivity index (χ2n) is 5.29. The molecule has 0 amide bonds. The van der Waals surface area contributed by atoms with Gasteiger partial charge in [0.1, 0.15) is 0 Å². The quantitative estimate of drug-likeness (QED) is 0.787. The molecule has 1 saturated carbocycles. The Morgan fingerprint density at radius 2 is 1.75 bits per heavy atom. The molecule has 3 heteroatoms. The van der Waals surface area contributed by atoms with Crippen LogP contribution in [0.15, 0.2) is 0 Å². The van der Waals surface area contributed by atoms with E-state index in [1.807, 2.05) is 0 Å². The Balaban J connectivity index is 2.13. The highest BCUT2D eigenvalue weighted by Crippen LogP contribution is 2.44. The maximum absolute atomic E-state index is 11.7. The molecule has 0 aromatic heterocycles. The van der Waals surface area contributed by atoms with E-state index in [-0.39, 0.29) is 5.92 Å². The van der Waals surface area contributed by atoms with E-state index in [1.165, 1.54) is 19.3 Å². The van der Waals surface area contributed by atoms with E-state index in [4.69, 9.17) is 4.74 Å². The van der Waals surface area contributed by atoms with Gasteiger partial charge in [-0.2, -0.15) is 0 Å². The number of hydrogen-bond acceptors (Lipinski definition) is 2. The molecular weight excluding hydrogens is 204 g/mol. The van der Waals surface area contributed by atoms with E-state index in [1.54, 1.807) is 0 Å². The lowest BCUT2D eigenvalue weighted by molar-refractivity contribution is -0.154. The third-order valence-electron chi connectivity index (χ3n) is 4.38. The second kappa shape index (κ2) is 5.17. The largest absolute Gasteiger partial charge is 0.481 e. The summed E-state index contributed by atoms with van der Waals surface area (Å²) in [5, 5.41) is 9.61. The molecule has 1 unspecified atom stereocenters. The van der Waals surface area contributed by atoms with Gasteiger partial charge >= 0.3 is 5.97 Å². The van der Waals surface area contributed by atoms with Gasteiger partial charge in [-0.3, -0.25) is 4.79 Å². The zero-order valence-electron chi connectivity index (χ0n) is 9.91. The van der Waals surface area contributed by atoms with E-state index in [0.29, 0.717) is 6.61 Å². The van der Waals surface area contributed by atoms with Gasteiger partial charge in [0.15, 0.2) is 0 Å². The summed E-state index contributed by atoms with van der Waals surface area (Å²) in [6.45, 7) is 1.41. The topological polar surface area (TPSA) is 46.5 Å². The highest BCUT2D eigenvalue weighted by atomic mass is 16.5. The molecule has 2 fully saturated rings. The first-order chi connectivity index (χ1) is 7.76. The van der Waals surface area contributed by atoms with Crippen molar-refractivity contribution >= 4 is 5.97 Å². The van der Waals surface area contributed by atoms with Crippen molar-refractivity contribution < 1.29 is 14.6 Å². The van der Waals surface area contributed by atoms with Crippen molar-refractivity contribution in [3.8, 4) is 0 Å². The van der Waals surface area contributed by atoms with Crippen LogP contribution < -0.4 is 0 Å². The van der Waals surface area contributed by atoms with Crippen LogP contribution in [0.1, 0.15) is 51.4 Å². The van der Waals surface area contributed by atoms with Gasteiger partial charge in [0, 0.05) is 12.5 Å². The second-order valence-corrected chi connectivity index (χ2v) is 5.29. The third kappa shape index (κ3) is 2.24. The molecule has 1 heterocycles. The van der Waals surface area contributed by atoms with Gasteiger partial charge in [0.25, 0.3) is 0 Å². The molecule has 0 aromatic carbocycles. The van der Waals surface area contributed by atoms with Crippen LogP contribution in [0, 0.1) is 11.3 Å². The molecular formula is C13H22O3. The molecule has 1 aliphatic heterocycles. The fourth-order valence-electron chi connectivity index (χ4n) is 3.30. The van der Waals surface area contributed by atoms with Crippen LogP contribution in [-0.4, -0.2) is 24.3 Å². The first-order valence-corrected chi connectivity index (χ1v) is 6.57. The van der Waals surface area contributed by atoms with Gasteiger partial charge in [-0.05, 0) is 19.3 Å². The van der Waals surface area contributed by atoms with E-state index >= 15 is 0 Å². The van der Waals surface area contributed by atoms with E-state index in [9.17, 15) is 9.90 Å². The fourth-order valence-corrected chi connectivity index (χ4v) is 3.30. The normalized spacial score (nSPS) is 30.6. The minimum atomic E-state index is -0.579. The average molecular weight is 226 g/mol. The minimum Gasteiger partial charge on any atom is -0.481 e. The van der Waals surface area contributed by atoms with Crippen molar-refractivity contribution in [2.75, 3.05) is 13.2 Å². The van der Waals surface area contributed by atoms with Crippen LogP contribution in [0.25, 0.3) is 0 Å². The van der Waals surface area contributed by atoms with Gasteiger partial charge in [-0.1, -0.05) is 32.1 Å². The van der Waals surface area contributed by atoms with Crippen molar-refractivity contribution in [3.05, 3.63) is 0 Å². The number of carboxylic acid groups (broad SMARTS) is 1. The van der Waals surface area contributed by atoms with Crippen molar-refractivity contribution in [1.29, 1.82) is 0 Å². The van der Waals surface area contributed by atoms with Crippen molar-refractivity contribution in [3.63, 3.8) is 0 Å². The maximum atomic E-state index is 11.7. The summed E-state index contributed by atoms with van der Waals surface area (Å²) in [5.41, 5.74) is -0.475. The van der Waals surface area contributed by atoms with Gasteiger partial charge in [-0.25, -0.2) is 0 Å². The third-order valence-corrected chi connectivity index (χ3v) is 4.38. The Morgan fingerprint density at radius 3 is 2.25 bits per heavy atom. The van der Waals surface area contributed by atoms with Crippen LogP contribution in [0.3, 0.4) is 0 Å². The summed E-state index contributed by atoms with van der Waals surface area (Å²) in [5.74, 6) is -0.326. The number of hydrogen-bond donors (Lipinski definition) is 1. The molecule has 92 valence electrons. The Kier molecular flexibility index (Phi) is 3.85. The number of aliphatic carboxylic acids is 1. The average Bonchev–Trinajstić information content (AvgIpc) is 2.70. The Bertz CT molecular complexity index is 236.